The van der Waals surface area contributed by atoms with Crippen LogP contribution in [0, 0.1) is 47.3 Å². The van der Waals surface area contributed by atoms with E-state index in [0.29, 0.717) is 0 Å². The molecule has 4 aromatic rings. The molecule has 0 unspecified atom stereocenters. The number of hydrogen-bond donors (Lipinski definition) is 0. The van der Waals surface area contributed by atoms with E-state index in [-0.39, 0.29) is 34.1 Å². The molecule has 0 saturated carbocycles. The van der Waals surface area contributed by atoms with Gasteiger partial charge in [0.25, 0.3) is 0 Å². The Hall–Kier alpha value is -0.761. The molecule has 0 aromatic heterocycles. The van der Waals surface area contributed by atoms with Gasteiger partial charge in [0.15, 0.2) is 0 Å². The van der Waals surface area contributed by atoms with E-state index in [1.54, 1.807) is 0 Å². The van der Waals surface area contributed by atoms with Gasteiger partial charge in [-0.25, -0.2) is 0 Å². The topological polar surface area (TPSA) is 28.2 Å². The van der Waals surface area contributed by atoms with Gasteiger partial charge in [0.1, 0.15) is 0 Å². The van der Waals surface area contributed by atoms with Gasteiger partial charge in [-0.1, -0.05) is 206 Å². The van der Waals surface area contributed by atoms with Gasteiger partial charge in [-0.2, -0.15) is 0 Å². The smallest absolute Gasteiger partial charge is 0.651 e. The third-order valence-corrected chi connectivity index (χ3v) is 26.1. The molecule has 0 bridgehead atoms. The van der Waals surface area contributed by atoms with Crippen molar-refractivity contribution in [3.05, 3.63) is 108 Å². The van der Waals surface area contributed by atoms with Crippen LogP contribution in [0.3, 0.4) is 0 Å². The van der Waals surface area contributed by atoms with E-state index in [1.165, 1.54) is 93.3 Å². The fraction of sp³-hybridized carbons (Fsp3) is 0.571. The van der Waals surface area contributed by atoms with Gasteiger partial charge >= 0.3 is 34.1 Å². The second-order valence-electron chi connectivity index (χ2n) is 21.5. The maximum absolute atomic E-state index is 5.36. The zero-order valence-corrected chi connectivity index (χ0v) is 48.9. The first kappa shape index (κ1) is 61.3. The summed E-state index contributed by atoms with van der Waals surface area (Å²) in [6.07, 6.45) is 10.6. The third-order valence-electron chi connectivity index (χ3n) is 10.9. The molecule has 0 saturated heterocycles. The molecule has 1 radical (unpaired) electrons. The first-order valence-corrected chi connectivity index (χ1v) is 32.2. The van der Waals surface area contributed by atoms with Gasteiger partial charge in [0, 0.05) is 31.7 Å². The van der Waals surface area contributed by atoms with Crippen LogP contribution in [0.25, 0.3) is 10.6 Å². The van der Waals surface area contributed by atoms with Gasteiger partial charge < -0.3 is 10.6 Å². The molecule has 0 aliphatic heterocycles. The molecular weight excluding hydrogens is 952 g/mol. The molecule has 0 spiro atoms. The minimum atomic E-state index is -0.625. The largest absolute Gasteiger partial charge is 2.00 e. The summed E-state index contributed by atoms with van der Waals surface area (Å²) in [5, 5.41) is 16.9. The normalized spacial score (nSPS) is 11.8. The maximum atomic E-state index is 5.36. The molecule has 363 valence electrons. The monoisotopic (exact) mass is 1040 g/mol. The molecule has 0 amide bonds. The van der Waals surface area contributed by atoms with Crippen LogP contribution in [0.15, 0.2) is 97.1 Å². The Morgan fingerprint density at radius 1 is 0.281 bits per heavy atom. The van der Waals surface area contributed by atoms with Crippen LogP contribution in [-0.2, 0) is 34.1 Å². The van der Waals surface area contributed by atoms with E-state index in [2.05, 4.69) is 208 Å². The number of nitrogens with zero attached hydrogens (tertiary/aromatic N) is 2. The van der Waals surface area contributed by atoms with Gasteiger partial charge in [-0.05, 0) is 71.6 Å². The summed E-state index contributed by atoms with van der Waals surface area (Å²) >= 11 is 0. The van der Waals surface area contributed by atoms with Crippen molar-refractivity contribution >= 4 is 75.7 Å². The summed E-state index contributed by atoms with van der Waals surface area (Å²) in [5.74, 6) is 5.89. The van der Waals surface area contributed by atoms with Gasteiger partial charge in [0.2, 0.25) is 0 Å². The average molecular weight is 1040 g/mol. The summed E-state index contributed by atoms with van der Waals surface area (Å²) in [6.45, 7) is 37.9. The van der Waals surface area contributed by atoms with Crippen molar-refractivity contribution in [2.45, 2.75) is 111 Å². The second kappa shape index (κ2) is 32.1. The molecule has 0 aliphatic carbocycles. The molecule has 64 heavy (non-hydrogen) atoms. The van der Waals surface area contributed by atoms with Crippen molar-refractivity contribution in [3.63, 3.8) is 0 Å². The Bertz CT molecular complexity index is 1540. The van der Waals surface area contributed by atoms with Gasteiger partial charge in [-0.3, -0.25) is 0 Å². The van der Waals surface area contributed by atoms with E-state index in [1.807, 2.05) is 0 Å². The SMILES string of the molecule is CC(C)C[PH+](CC(C)C)c1ccccc1[N-]c1ccccc1[PH+](CC(C)C)CC(C)C.CC(C)C[PH+](CC(C)C)c1ccccc1[N-]c1ccccc1[PH+](CC(C)C)CC(C)C.[Cu+2].[Cu+]. The maximum Gasteiger partial charge on any atom is 2.00 e. The Labute approximate surface area is 422 Å². The van der Waals surface area contributed by atoms with Crippen LogP contribution < -0.4 is 21.2 Å². The summed E-state index contributed by atoms with van der Waals surface area (Å²) < 4.78 is 0. The fourth-order valence-corrected chi connectivity index (χ4v) is 22.5. The number of benzene rings is 4. The first-order chi connectivity index (χ1) is 29.3. The number of rotatable bonds is 24. The molecule has 0 heterocycles. The Kier molecular flexibility index (Phi) is 30.7. The van der Waals surface area contributed by atoms with Gasteiger partial charge in [0.05, 0.1) is 70.5 Å². The van der Waals surface area contributed by atoms with Crippen LogP contribution in [0.1, 0.15) is 111 Å². The van der Waals surface area contributed by atoms with Crippen LogP contribution >= 0.6 is 31.7 Å². The predicted octanol–water partition coefficient (Wildman–Crippen LogP) is 16.6. The molecule has 0 aliphatic rings. The Morgan fingerprint density at radius 2 is 0.422 bits per heavy atom. The van der Waals surface area contributed by atoms with Crippen molar-refractivity contribution in [2.24, 2.45) is 47.3 Å². The van der Waals surface area contributed by atoms with Crippen molar-refractivity contribution < 1.29 is 34.1 Å². The standard InChI is InChI=1S/2C28H44NP2.2Cu/c2*1-21(2)17-30(18-22(3)4)27-15-11-9-13-25(27)29-26-14-10-12-16-28(26)31(19-23(5)6)20-24(7)8;;/h2*9-16,21-24H,17-20H2,1-8H3;;/q2*-1;+1;+2/p+4. The molecule has 0 atom stereocenters. The zero-order chi connectivity index (χ0) is 45.9. The van der Waals surface area contributed by atoms with Crippen LogP contribution in [0.2, 0.25) is 0 Å². The Balaban J connectivity index is 0.000000621. The quantitative estimate of drug-likeness (QED) is 0.0494. The molecule has 4 rings (SSSR count). The molecule has 4 aromatic carbocycles. The second-order valence-corrected chi connectivity index (χ2v) is 31.7. The molecule has 0 fully saturated rings. The predicted molar refractivity (Wildman–Crippen MR) is 301 cm³/mol. The van der Waals surface area contributed by atoms with Crippen molar-refractivity contribution in [1.29, 1.82) is 0 Å². The average Bonchev–Trinajstić information content (AvgIpc) is 3.16. The molecule has 8 heteroatoms. The summed E-state index contributed by atoms with van der Waals surface area (Å²) in [6, 6.07) is 36.1. The van der Waals surface area contributed by atoms with Crippen molar-refractivity contribution in [1.82, 2.24) is 0 Å². The van der Waals surface area contributed by atoms with Gasteiger partial charge in [-0.15, -0.1) is 0 Å². The minimum absolute atomic E-state index is 0. The third kappa shape index (κ3) is 22.6. The summed E-state index contributed by atoms with van der Waals surface area (Å²) in [7, 11) is -2.50. The molecule has 2 nitrogen and oxygen atoms in total. The van der Waals surface area contributed by atoms with Crippen LogP contribution in [-0.4, -0.2) is 49.3 Å². The van der Waals surface area contributed by atoms with Crippen LogP contribution in [0.5, 0.6) is 0 Å². The van der Waals surface area contributed by atoms with E-state index in [0.717, 1.165) is 47.3 Å². The van der Waals surface area contributed by atoms with E-state index in [9.17, 15) is 0 Å². The fourth-order valence-electron chi connectivity index (χ4n) is 8.90. The first-order valence-electron chi connectivity index (χ1n) is 24.5. The summed E-state index contributed by atoms with van der Waals surface area (Å²) in [4.78, 5) is 0. The van der Waals surface area contributed by atoms with Crippen LogP contribution in [0.4, 0.5) is 22.7 Å². The molecule has 0 N–H and O–H groups in total. The van der Waals surface area contributed by atoms with Crippen molar-refractivity contribution in [3.8, 4) is 0 Å². The number of hydrogen-bond acceptors (Lipinski definition) is 0. The minimum Gasteiger partial charge on any atom is -0.651 e. The van der Waals surface area contributed by atoms with E-state index in [4.69, 9.17) is 10.6 Å². The Morgan fingerprint density at radius 3 is 0.562 bits per heavy atom. The van der Waals surface area contributed by atoms with E-state index >= 15 is 0 Å². The number of para-hydroxylation sites is 4. The summed E-state index contributed by atoms with van der Waals surface area (Å²) in [5.41, 5.74) is 4.89. The molecular formula is C56H92Cu2N2P4+5. The van der Waals surface area contributed by atoms with E-state index < -0.39 is 31.7 Å². The van der Waals surface area contributed by atoms with Crippen molar-refractivity contribution in [2.75, 3.05) is 49.3 Å². The zero-order valence-electron chi connectivity index (χ0n) is 43.0.